The summed E-state index contributed by atoms with van der Waals surface area (Å²) < 4.78 is 1.34. The Kier molecular flexibility index (Phi) is 3.76. The number of hydrogen-bond acceptors (Lipinski definition) is 4. The molecule has 0 amide bonds. The fourth-order valence-electron chi connectivity index (χ4n) is 2.83. The van der Waals surface area contributed by atoms with E-state index in [1.807, 2.05) is 13.0 Å². The van der Waals surface area contributed by atoms with E-state index in [1.54, 1.807) is 0 Å². The summed E-state index contributed by atoms with van der Waals surface area (Å²) in [6, 6.07) is 2.28. The number of H-pyrrole nitrogens is 1. The van der Waals surface area contributed by atoms with Gasteiger partial charge in [0.25, 0.3) is 5.56 Å². The summed E-state index contributed by atoms with van der Waals surface area (Å²) in [5.41, 5.74) is -0.455. The Labute approximate surface area is 120 Å². The highest BCUT2D eigenvalue weighted by Crippen LogP contribution is 2.18. The highest BCUT2D eigenvalue weighted by molar-refractivity contribution is 7.18. The summed E-state index contributed by atoms with van der Waals surface area (Å²) in [4.78, 5) is 28.9. The Hall–Kier alpha value is -1.40. The molecular formula is C14H19N3O2S. The van der Waals surface area contributed by atoms with E-state index in [1.165, 1.54) is 28.7 Å². The van der Waals surface area contributed by atoms with Gasteiger partial charge < -0.3 is 5.32 Å². The van der Waals surface area contributed by atoms with Crippen molar-refractivity contribution in [3.8, 4) is 0 Å². The van der Waals surface area contributed by atoms with Crippen LogP contribution in [-0.2, 0) is 6.54 Å². The Morgan fingerprint density at radius 2 is 2.25 bits per heavy atom. The number of rotatable bonds is 3. The van der Waals surface area contributed by atoms with E-state index < -0.39 is 0 Å². The molecular weight excluding hydrogens is 274 g/mol. The van der Waals surface area contributed by atoms with Crippen molar-refractivity contribution in [3.63, 3.8) is 0 Å². The number of nitrogens with one attached hydrogen (secondary N) is 2. The van der Waals surface area contributed by atoms with Gasteiger partial charge in [-0.05, 0) is 38.8 Å². The topological polar surface area (TPSA) is 66.9 Å². The largest absolute Gasteiger partial charge is 0.329 e. The van der Waals surface area contributed by atoms with Gasteiger partial charge in [-0.3, -0.25) is 14.3 Å². The Morgan fingerprint density at radius 3 is 3.00 bits per heavy atom. The number of nitrogens with zero attached hydrogens (tertiary/aromatic N) is 1. The monoisotopic (exact) mass is 293 g/mol. The molecule has 1 aliphatic heterocycles. The minimum atomic E-state index is -0.292. The Bertz CT molecular complexity index is 722. The van der Waals surface area contributed by atoms with E-state index in [4.69, 9.17) is 0 Å². The zero-order valence-corrected chi connectivity index (χ0v) is 12.4. The van der Waals surface area contributed by atoms with E-state index >= 15 is 0 Å². The van der Waals surface area contributed by atoms with Crippen molar-refractivity contribution in [1.82, 2.24) is 14.9 Å². The van der Waals surface area contributed by atoms with Crippen LogP contribution >= 0.6 is 11.3 Å². The predicted octanol–water partition coefficient (Wildman–Crippen LogP) is 1.59. The van der Waals surface area contributed by atoms with Gasteiger partial charge in [-0.25, -0.2) is 4.79 Å². The molecule has 2 aromatic rings. The summed E-state index contributed by atoms with van der Waals surface area (Å²) in [6.45, 7) is 3.47. The van der Waals surface area contributed by atoms with Gasteiger partial charge in [-0.1, -0.05) is 6.42 Å². The van der Waals surface area contributed by atoms with Gasteiger partial charge in [0.15, 0.2) is 0 Å². The smallest absolute Gasteiger partial charge is 0.314 e. The zero-order valence-electron chi connectivity index (χ0n) is 11.6. The van der Waals surface area contributed by atoms with Crippen LogP contribution in [0.2, 0.25) is 0 Å². The number of aryl methyl sites for hydroxylation is 1. The van der Waals surface area contributed by atoms with Crippen LogP contribution in [-0.4, -0.2) is 22.1 Å². The predicted molar refractivity (Wildman–Crippen MR) is 81.7 cm³/mol. The van der Waals surface area contributed by atoms with Crippen molar-refractivity contribution >= 4 is 21.6 Å². The highest BCUT2D eigenvalue weighted by Gasteiger charge is 2.15. The third kappa shape index (κ3) is 2.58. The lowest BCUT2D eigenvalue weighted by molar-refractivity contribution is 0.363. The van der Waals surface area contributed by atoms with Crippen LogP contribution in [0.5, 0.6) is 0 Å². The van der Waals surface area contributed by atoms with Gasteiger partial charge in [0, 0.05) is 17.5 Å². The second-order valence-electron chi connectivity index (χ2n) is 5.42. The molecule has 0 spiro atoms. The fourth-order valence-corrected chi connectivity index (χ4v) is 3.72. The maximum absolute atomic E-state index is 12.4. The quantitative estimate of drug-likeness (QED) is 0.903. The number of fused-ring (bicyclic) bond motifs is 1. The summed E-state index contributed by atoms with van der Waals surface area (Å²) in [5.74, 6) is 0. The minimum Gasteiger partial charge on any atom is -0.314 e. The van der Waals surface area contributed by atoms with Gasteiger partial charge >= 0.3 is 5.69 Å². The standard InChI is InChI=1S/C14H19N3O2S/c1-9-8-11-12(20-9)16-14(19)17(13(11)18)7-5-10-4-2-3-6-15-10/h8,10,15H,2-7H2,1H3,(H,16,19). The first kappa shape index (κ1) is 13.6. The van der Waals surface area contributed by atoms with Crippen molar-refractivity contribution in [1.29, 1.82) is 0 Å². The number of hydrogen-bond donors (Lipinski definition) is 2. The minimum absolute atomic E-state index is 0.163. The molecule has 2 N–H and O–H groups in total. The summed E-state index contributed by atoms with van der Waals surface area (Å²) in [5, 5.41) is 4.07. The summed E-state index contributed by atoms with van der Waals surface area (Å²) >= 11 is 1.45. The van der Waals surface area contributed by atoms with E-state index in [9.17, 15) is 9.59 Å². The first-order chi connectivity index (χ1) is 9.65. The number of thiophene rings is 1. The fraction of sp³-hybridized carbons (Fsp3) is 0.571. The lowest BCUT2D eigenvalue weighted by atomic mass is 10.0. The maximum atomic E-state index is 12.4. The van der Waals surface area contributed by atoms with Crippen molar-refractivity contribution in [2.75, 3.05) is 6.54 Å². The third-order valence-electron chi connectivity index (χ3n) is 3.91. The van der Waals surface area contributed by atoms with Gasteiger partial charge in [0.05, 0.1) is 5.39 Å². The molecule has 1 saturated heterocycles. The van der Waals surface area contributed by atoms with Crippen molar-refractivity contribution < 1.29 is 0 Å². The lowest BCUT2D eigenvalue weighted by Crippen LogP contribution is -2.39. The SMILES string of the molecule is Cc1cc2c(=O)n(CCC3CCCCN3)c(=O)[nH]c2s1. The second kappa shape index (κ2) is 5.54. The van der Waals surface area contributed by atoms with Crippen LogP contribution in [0, 0.1) is 6.92 Å². The third-order valence-corrected chi connectivity index (χ3v) is 4.88. The van der Waals surface area contributed by atoms with Crippen LogP contribution in [0.3, 0.4) is 0 Å². The van der Waals surface area contributed by atoms with E-state index in [2.05, 4.69) is 10.3 Å². The molecule has 5 nitrogen and oxygen atoms in total. The first-order valence-electron chi connectivity index (χ1n) is 7.12. The molecule has 0 aromatic carbocycles. The molecule has 0 bridgehead atoms. The molecule has 0 radical (unpaired) electrons. The molecule has 6 heteroatoms. The van der Waals surface area contributed by atoms with Gasteiger partial charge in [-0.2, -0.15) is 0 Å². The number of aromatic amines is 1. The average molecular weight is 293 g/mol. The van der Waals surface area contributed by atoms with Crippen LogP contribution in [0.4, 0.5) is 0 Å². The molecule has 108 valence electrons. The van der Waals surface area contributed by atoms with Gasteiger partial charge in [0.2, 0.25) is 0 Å². The Morgan fingerprint density at radius 1 is 1.40 bits per heavy atom. The van der Waals surface area contributed by atoms with Crippen molar-refractivity contribution in [3.05, 3.63) is 31.8 Å². The number of piperidine rings is 1. The van der Waals surface area contributed by atoms with Gasteiger partial charge in [-0.15, -0.1) is 11.3 Å². The molecule has 20 heavy (non-hydrogen) atoms. The molecule has 1 fully saturated rings. The highest BCUT2D eigenvalue weighted by atomic mass is 32.1. The molecule has 1 unspecified atom stereocenters. The van der Waals surface area contributed by atoms with Crippen molar-refractivity contribution in [2.24, 2.45) is 0 Å². The molecule has 1 aliphatic rings. The molecule has 0 aliphatic carbocycles. The first-order valence-corrected chi connectivity index (χ1v) is 7.93. The normalized spacial score (nSPS) is 19.6. The van der Waals surface area contributed by atoms with E-state index in [0.717, 1.165) is 24.3 Å². The van der Waals surface area contributed by atoms with E-state index in [-0.39, 0.29) is 11.2 Å². The molecule has 3 rings (SSSR count). The Balaban J connectivity index is 1.87. The van der Waals surface area contributed by atoms with Crippen LogP contribution in [0.25, 0.3) is 10.2 Å². The molecule has 1 atom stereocenters. The maximum Gasteiger partial charge on any atom is 0.329 e. The second-order valence-corrected chi connectivity index (χ2v) is 6.68. The van der Waals surface area contributed by atoms with E-state index in [0.29, 0.717) is 22.8 Å². The molecule has 2 aromatic heterocycles. The van der Waals surface area contributed by atoms with Crippen LogP contribution in [0.1, 0.15) is 30.6 Å². The zero-order chi connectivity index (χ0) is 14.1. The van der Waals surface area contributed by atoms with Gasteiger partial charge in [0.1, 0.15) is 4.83 Å². The van der Waals surface area contributed by atoms with Crippen molar-refractivity contribution in [2.45, 2.75) is 45.2 Å². The molecule has 0 saturated carbocycles. The molecule has 3 heterocycles. The van der Waals surface area contributed by atoms with Crippen LogP contribution in [0.15, 0.2) is 15.7 Å². The average Bonchev–Trinajstić information content (AvgIpc) is 2.80. The van der Waals surface area contributed by atoms with Crippen LogP contribution < -0.4 is 16.6 Å². The summed E-state index contributed by atoms with van der Waals surface area (Å²) in [6.07, 6.45) is 4.41. The number of aromatic nitrogens is 2. The lowest BCUT2D eigenvalue weighted by Gasteiger charge is -2.23. The summed E-state index contributed by atoms with van der Waals surface area (Å²) in [7, 11) is 0.